The Hall–Kier alpha value is -1.65. The summed E-state index contributed by atoms with van der Waals surface area (Å²) in [7, 11) is -3.04. The number of esters is 1. The summed E-state index contributed by atoms with van der Waals surface area (Å²) in [6, 6.07) is 3.06. The summed E-state index contributed by atoms with van der Waals surface area (Å²) in [4.78, 5) is 15.7. The van der Waals surface area contributed by atoms with Gasteiger partial charge in [-0.05, 0) is 18.1 Å². The fourth-order valence-electron chi connectivity index (χ4n) is 2.06. The highest BCUT2D eigenvalue weighted by molar-refractivity contribution is 7.93. The van der Waals surface area contributed by atoms with Gasteiger partial charge in [0, 0.05) is 0 Å². The van der Waals surface area contributed by atoms with Crippen molar-refractivity contribution in [2.45, 2.75) is 17.4 Å². The first-order valence-corrected chi connectivity index (χ1v) is 7.21. The summed E-state index contributed by atoms with van der Waals surface area (Å²) in [5, 5.41) is 9.30. The first-order chi connectivity index (χ1) is 8.80. The van der Waals surface area contributed by atoms with Crippen LogP contribution in [-0.4, -0.2) is 26.5 Å². The monoisotopic (exact) mass is 300 g/mol. The van der Waals surface area contributed by atoms with Crippen LogP contribution in [0.15, 0.2) is 6.07 Å². The lowest BCUT2D eigenvalue weighted by molar-refractivity contribution is -0.142. The number of aromatic nitrogens is 1. The molecule has 1 aromatic heterocycles. The Balaban J connectivity index is 2.87. The van der Waals surface area contributed by atoms with Gasteiger partial charge in [0.15, 0.2) is 9.84 Å². The molecule has 0 aromatic carbocycles. The van der Waals surface area contributed by atoms with Crippen LogP contribution in [0.3, 0.4) is 0 Å². The molecule has 1 aromatic rings. The van der Waals surface area contributed by atoms with Gasteiger partial charge >= 0.3 is 5.97 Å². The van der Waals surface area contributed by atoms with Crippen molar-refractivity contribution in [2.75, 3.05) is 7.11 Å². The van der Waals surface area contributed by atoms with E-state index in [0.717, 1.165) is 7.11 Å². The van der Waals surface area contributed by atoms with Crippen molar-refractivity contribution < 1.29 is 17.9 Å². The van der Waals surface area contributed by atoms with Crippen LogP contribution in [0.4, 0.5) is 0 Å². The number of carbonyl (C=O) groups excluding carboxylic acids is 1. The lowest BCUT2D eigenvalue weighted by atomic mass is 10.0. The summed E-state index contributed by atoms with van der Waals surface area (Å²) in [6.07, 6.45) is 0. The summed E-state index contributed by atoms with van der Waals surface area (Å²) in [5.74, 6) is -1.60. The fraction of sp³-hybridized carbons (Fsp3) is 0.364. The van der Waals surface area contributed by atoms with Crippen molar-refractivity contribution in [3.8, 4) is 6.07 Å². The van der Waals surface area contributed by atoms with Gasteiger partial charge in [-0.15, -0.1) is 0 Å². The third-order valence-corrected chi connectivity index (χ3v) is 5.46. The van der Waals surface area contributed by atoms with E-state index in [0.29, 0.717) is 11.1 Å². The molecule has 19 heavy (non-hydrogen) atoms. The van der Waals surface area contributed by atoms with Crippen LogP contribution in [0, 0.1) is 18.3 Å². The van der Waals surface area contributed by atoms with Gasteiger partial charge in [0.1, 0.15) is 11.2 Å². The maximum Gasteiger partial charge on any atom is 0.348 e. The van der Waals surface area contributed by atoms with Gasteiger partial charge in [-0.3, -0.25) is 0 Å². The average molecular weight is 301 g/mol. The second kappa shape index (κ2) is 4.18. The molecule has 0 saturated carbocycles. The van der Waals surface area contributed by atoms with Gasteiger partial charge in [0.25, 0.3) is 4.75 Å². The minimum atomic E-state index is -4.06. The number of halogens is 1. The number of rotatable bonds is 1. The molecule has 1 atom stereocenters. The molecule has 100 valence electrons. The Bertz CT molecular complexity index is 723. The lowest BCUT2D eigenvalue weighted by Gasteiger charge is -2.17. The number of methoxy groups -OCH3 is 1. The van der Waals surface area contributed by atoms with Crippen molar-refractivity contribution in [3.63, 3.8) is 0 Å². The number of aryl methyl sites for hydroxylation is 1. The molecule has 0 saturated heterocycles. The molecule has 0 N–H and O–H groups in total. The van der Waals surface area contributed by atoms with Crippen molar-refractivity contribution in [1.29, 1.82) is 5.26 Å². The summed E-state index contributed by atoms with van der Waals surface area (Å²) in [5.41, 5.74) is 0.723. The molecule has 0 bridgehead atoms. The number of sulfone groups is 1. The predicted molar refractivity (Wildman–Crippen MR) is 65.9 cm³/mol. The van der Waals surface area contributed by atoms with Crippen LogP contribution < -0.4 is 0 Å². The maximum absolute atomic E-state index is 12.2. The van der Waals surface area contributed by atoms with E-state index in [2.05, 4.69) is 9.72 Å². The lowest BCUT2D eigenvalue weighted by Crippen LogP contribution is -2.40. The minimum Gasteiger partial charge on any atom is -0.467 e. The van der Waals surface area contributed by atoms with Crippen molar-refractivity contribution in [2.24, 2.45) is 0 Å². The van der Waals surface area contributed by atoms with Gasteiger partial charge in [-0.1, -0.05) is 17.7 Å². The predicted octanol–water partition coefficient (Wildman–Crippen LogP) is 0.864. The zero-order valence-electron chi connectivity index (χ0n) is 10.1. The van der Waals surface area contributed by atoms with Crippen LogP contribution in [-0.2, 0) is 29.9 Å². The Morgan fingerprint density at radius 1 is 1.63 bits per heavy atom. The average Bonchev–Trinajstić information content (AvgIpc) is 2.56. The third-order valence-electron chi connectivity index (χ3n) is 3.01. The molecular formula is C11H9ClN2O4S. The van der Waals surface area contributed by atoms with Gasteiger partial charge in [0.05, 0.1) is 18.6 Å². The molecule has 0 fully saturated rings. The third kappa shape index (κ3) is 1.64. The molecule has 0 aliphatic carbocycles. The zero-order chi connectivity index (χ0) is 14.4. The van der Waals surface area contributed by atoms with E-state index < -0.39 is 26.3 Å². The SMILES string of the molecule is COC(=O)C1(C#N)c2nc(Cl)c(C)cc2CS1(=O)=O. The number of ether oxygens (including phenoxy) is 1. The van der Waals surface area contributed by atoms with Crippen LogP contribution in [0.2, 0.25) is 5.15 Å². The Kier molecular flexibility index (Phi) is 3.03. The quantitative estimate of drug-likeness (QED) is 0.564. The van der Waals surface area contributed by atoms with Crippen molar-refractivity contribution >= 4 is 27.4 Å². The number of carbonyl (C=O) groups is 1. The van der Waals surface area contributed by atoms with E-state index in [1.807, 2.05) is 0 Å². The van der Waals surface area contributed by atoms with Crippen LogP contribution in [0.25, 0.3) is 0 Å². The van der Waals surface area contributed by atoms with E-state index in [1.54, 1.807) is 6.92 Å². The molecule has 1 unspecified atom stereocenters. The molecule has 2 heterocycles. The Labute approximate surface area is 114 Å². The number of nitrogens with zero attached hydrogens (tertiary/aromatic N) is 2. The molecule has 8 heteroatoms. The molecule has 1 aliphatic heterocycles. The molecule has 2 rings (SSSR count). The van der Waals surface area contributed by atoms with E-state index in [-0.39, 0.29) is 10.8 Å². The van der Waals surface area contributed by atoms with Gasteiger partial charge in [-0.2, -0.15) is 5.26 Å². The van der Waals surface area contributed by atoms with E-state index in [9.17, 15) is 18.5 Å². The molecule has 0 amide bonds. The van der Waals surface area contributed by atoms with E-state index >= 15 is 0 Å². The first-order valence-electron chi connectivity index (χ1n) is 5.18. The van der Waals surface area contributed by atoms with E-state index in [1.165, 1.54) is 12.1 Å². The Morgan fingerprint density at radius 3 is 2.79 bits per heavy atom. The van der Waals surface area contributed by atoms with Crippen LogP contribution in [0.5, 0.6) is 0 Å². The summed E-state index contributed by atoms with van der Waals surface area (Å²) >= 11 is 5.85. The second-order valence-electron chi connectivity index (χ2n) is 4.15. The number of hydrogen-bond acceptors (Lipinski definition) is 6. The number of hydrogen-bond donors (Lipinski definition) is 0. The number of pyridine rings is 1. The first kappa shape index (κ1) is 13.8. The van der Waals surface area contributed by atoms with Crippen LogP contribution >= 0.6 is 11.6 Å². The maximum atomic E-state index is 12.2. The smallest absolute Gasteiger partial charge is 0.348 e. The highest BCUT2D eigenvalue weighted by Gasteiger charge is 2.61. The van der Waals surface area contributed by atoms with Gasteiger partial charge < -0.3 is 4.74 Å². The molecule has 0 radical (unpaired) electrons. The van der Waals surface area contributed by atoms with E-state index in [4.69, 9.17) is 11.6 Å². The Morgan fingerprint density at radius 2 is 2.26 bits per heavy atom. The summed E-state index contributed by atoms with van der Waals surface area (Å²) < 4.78 is 26.4. The summed E-state index contributed by atoms with van der Waals surface area (Å²) in [6.45, 7) is 1.66. The standard InChI is InChI=1S/C11H9ClN2O4S/c1-6-3-7-4-19(16,17)11(5-13,10(15)18-2)8(7)14-9(6)12/h3H,4H2,1-2H3. The normalized spacial score (nSPS) is 23.5. The zero-order valence-corrected chi connectivity index (χ0v) is 11.7. The molecule has 1 aliphatic rings. The highest BCUT2D eigenvalue weighted by Crippen LogP contribution is 2.42. The number of nitriles is 1. The van der Waals surface area contributed by atoms with Gasteiger partial charge in [-0.25, -0.2) is 18.2 Å². The fourth-order valence-corrected chi connectivity index (χ4v) is 3.99. The van der Waals surface area contributed by atoms with Crippen LogP contribution in [0.1, 0.15) is 16.8 Å². The number of fused-ring (bicyclic) bond motifs is 1. The molecule has 6 nitrogen and oxygen atoms in total. The minimum absolute atomic E-state index is 0.0550. The molecule has 0 spiro atoms. The second-order valence-corrected chi connectivity index (χ2v) is 6.64. The highest BCUT2D eigenvalue weighted by atomic mass is 35.5. The topological polar surface area (TPSA) is 97.1 Å². The van der Waals surface area contributed by atoms with Crippen molar-refractivity contribution in [1.82, 2.24) is 4.98 Å². The van der Waals surface area contributed by atoms with Gasteiger partial charge in [0.2, 0.25) is 0 Å². The largest absolute Gasteiger partial charge is 0.467 e. The molecular weight excluding hydrogens is 292 g/mol. The van der Waals surface area contributed by atoms with Crippen molar-refractivity contribution in [3.05, 3.63) is 28.0 Å².